The van der Waals surface area contributed by atoms with E-state index in [4.69, 9.17) is 27.6 Å². The Labute approximate surface area is 92.0 Å². The van der Waals surface area contributed by atoms with Gasteiger partial charge in [0.1, 0.15) is 5.52 Å². The fourth-order valence-corrected chi connectivity index (χ4v) is 1.70. The topological polar surface area (TPSA) is 26.0 Å². The average Bonchev–Trinajstić information content (AvgIpc) is 2.30. The van der Waals surface area contributed by atoms with Gasteiger partial charge < -0.3 is 4.42 Å². The molecular weight excluding hydrogens is 312 g/mol. The van der Waals surface area contributed by atoms with E-state index in [0.29, 0.717) is 19.5 Å². The number of hydrogen-bond acceptors (Lipinski definition) is 2. The van der Waals surface area contributed by atoms with Gasteiger partial charge in [0.2, 0.25) is 0 Å². The lowest BCUT2D eigenvalue weighted by Crippen LogP contribution is -1.70. The van der Waals surface area contributed by atoms with E-state index in [1.54, 1.807) is 12.1 Å². The maximum Gasteiger partial charge on any atom is 0.258 e. The number of oxazole rings is 1. The Hall–Kier alpha value is -0.000000000000000111. The van der Waals surface area contributed by atoms with Crippen LogP contribution < -0.4 is 0 Å². The molecule has 12 heavy (non-hydrogen) atoms. The van der Waals surface area contributed by atoms with Crippen LogP contribution in [0.15, 0.2) is 16.5 Å². The molecule has 1 aromatic heterocycles. The van der Waals surface area contributed by atoms with Gasteiger partial charge in [0.25, 0.3) is 3.90 Å². The lowest BCUT2D eigenvalue weighted by atomic mass is 10.3. The molecule has 0 amide bonds. The van der Waals surface area contributed by atoms with Crippen molar-refractivity contribution < 1.29 is 4.42 Å². The third-order valence-corrected chi connectivity index (χ3v) is 2.59. The molecule has 0 fully saturated rings. The van der Waals surface area contributed by atoms with Crippen molar-refractivity contribution in [2.75, 3.05) is 0 Å². The van der Waals surface area contributed by atoms with E-state index >= 15 is 0 Å². The highest BCUT2D eigenvalue weighted by atomic mass is 127. The van der Waals surface area contributed by atoms with Gasteiger partial charge in [0.05, 0.1) is 10.0 Å². The van der Waals surface area contributed by atoms with E-state index in [2.05, 4.69) is 4.98 Å². The second kappa shape index (κ2) is 3.05. The average molecular weight is 314 g/mol. The summed E-state index contributed by atoms with van der Waals surface area (Å²) in [7, 11) is 0. The zero-order valence-electron chi connectivity index (χ0n) is 5.64. The SMILES string of the molecule is Clc1cc2nc(I)oc2cc1Cl. The summed E-state index contributed by atoms with van der Waals surface area (Å²) in [5, 5.41) is 0.977. The molecule has 5 heteroatoms. The van der Waals surface area contributed by atoms with Crippen molar-refractivity contribution in [1.82, 2.24) is 4.98 Å². The highest BCUT2D eigenvalue weighted by Crippen LogP contribution is 2.28. The van der Waals surface area contributed by atoms with Crippen LogP contribution in [0.3, 0.4) is 0 Å². The van der Waals surface area contributed by atoms with Crippen molar-refractivity contribution in [3.63, 3.8) is 0 Å². The number of fused-ring (bicyclic) bond motifs is 1. The van der Waals surface area contributed by atoms with Gasteiger partial charge in [0, 0.05) is 28.7 Å². The van der Waals surface area contributed by atoms with Crippen LogP contribution in [0.4, 0.5) is 0 Å². The summed E-state index contributed by atoms with van der Waals surface area (Å²) in [6, 6.07) is 3.35. The smallest absolute Gasteiger partial charge is 0.258 e. The molecule has 1 heterocycles. The summed E-state index contributed by atoms with van der Waals surface area (Å²) in [5.41, 5.74) is 1.39. The second-order valence-corrected chi connectivity index (χ2v) is 3.94. The molecular formula is C7H2Cl2INO. The number of hydrogen-bond donors (Lipinski definition) is 0. The van der Waals surface area contributed by atoms with Crippen molar-refractivity contribution in [1.29, 1.82) is 0 Å². The highest BCUT2D eigenvalue weighted by Gasteiger charge is 2.06. The first-order chi connectivity index (χ1) is 5.66. The fraction of sp³-hybridized carbons (Fsp3) is 0. The lowest BCUT2D eigenvalue weighted by Gasteiger charge is -1.91. The maximum absolute atomic E-state index is 5.78. The largest absolute Gasteiger partial charge is 0.432 e. The molecule has 0 unspecified atom stereocenters. The van der Waals surface area contributed by atoms with Gasteiger partial charge in [-0.05, 0) is 6.07 Å². The second-order valence-electron chi connectivity index (χ2n) is 2.20. The van der Waals surface area contributed by atoms with Crippen LogP contribution in [0.5, 0.6) is 0 Å². The Bertz CT molecular complexity index is 401. The zero-order valence-corrected chi connectivity index (χ0v) is 9.31. The van der Waals surface area contributed by atoms with E-state index < -0.39 is 0 Å². The number of nitrogens with zero attached hydrogens (tertiary/aromatic N) is 1. The minimum atomic E-state index is 0.483. The molecule has 0 atom stereocenters. The van der Waals surface area contributed by atoms with Crippen LogP contribution in [0.1, 0.15) is 0 Å². The summed E-state index contributed by atoms with van der Waals surface area (Å²) in [6.07, 6.45) is 0. The van der Waals surface area contributed by atoms with E-state index in [0.717, 1.165) is 5.52 Å². The van der Waals surface area contributed by atoms with E-state index in [1.807, 2.05) is 22.6 Å². The van der Waals surface area contributed by atoms with Crippen molar-refractivity contribution in [2.45, 2.75) is 0 Å². The quantitative estimate of drug-likeness (QED) is 0.693. The molecule has 62 valence electrons. The third kappa shape index (κ3) is 1.41. The summed E-state index contributed by atoms with van der Waals surface area (Å²) in [4.78, 5) is 4.09. The summed E-state index contributed by atoms with van der Waals surface area (Å²) in [5.74, 6) is 0. The van der Waals surface area contributed by atoms with Crippen molar-refractivity contribution >= 4 is 56.9 Å². The first-order valence-electron chi connectivity index (χ1n) is 3.08. The summed E-state index contributed by atoms with van der Waals surface area (Å²) < 4.78 is 5.82. The zero-order chi connectivity index (χ0) is 8.72. The number of benzene rings is 1. The van der Waals surface area contributed by atoms with Gasteiger partial charge in [-0.3, -0.25) is 0 Å². The van der Waals surface area contributed by atoms with Crippen LogP contribution in [0.2, 0.25) is 10.0 Å². The molecule has 0 aliphatic carbocycles. The Morgan fingerprint density at radius 3 is 2.67 bits per heavy atom. The number of halogens is 3. The van der Waals surface area contributed by atoms with Gasteiger partial charge in [-0.25, -0.2) is 4.98 Å². The molecule has 0 saturated heterocycles. The molecule has 0 N–H and O–H groups in total. The minimum absolute atomic E-state index is 0.483. The Morgan fingerprint density at radius 1 is 1.25 bits per heavy atom. The van der Waals surface area contributed by atoms with E-state index in [1.165, 1.54) is 0 Å². The monoisotopic (exact) mass is 313 g/mol. The van der Waals surface area contributed by atoms with Crippen LogP contribution in [0.25, 0.3) is 11.1 Å². The molecule has 0 saturated carbocycles. The number of rotatable bonds is 0. The first kappa shape index (κ1) is 8.59. The lowest BCUT2D eigenvalue weighted by molar-refractivity contribution is 0.566. The van der Waals surface area contributed by atoms with Gasteiger partial charge >= 0.3 is 0 Å². The standard InChI is InChI=1S/C7H2Cl2INO/c8-3-1-5-6(2-4(3)9)12-7(10)11-5/h1-2H. The van der Waals surface area contributed by atoms with Crippen LogP contribution >= 0.6 is 45.8 Å². The van der Waals surface area contributed by atoms with Crippen molar-refractivity contribution in [3.05, 3.63) is 26.1 Å². The maximum atomic E-state index is 5.78. The minimum Gasteiger partial charge on any atom is -0.432 e. The van der Waals surface area contributed by atoms with Crippen LogP contribution in [-0.4, -0.2) is 4.98 Å². The van der Waals surface area contributed by atoms with E-state index in [-0.39, 0.29) is 0 Å². The molecule has 0 spiro atoms. The van der Waals surface area contributed by atoms with Crippen LogP contribution in [-0.2, 0) is 0 Å². The third-order valence-electron chi connectivity index (χ3n) is 1.40. The molecule has 2 aromatic rings. The van der Waals surface area contributed by atoms with E-state index in [9.17, 15) is 0 Å². The molecule has 0 aliphatic rings. The van der Waals surface area contributed by atoms with Gasteiger partial charge in [-0.1, -0.05) is 23.2 Å². The molecule has 1 aromatic carbocycles. The molecule has 2 nitrogen and oxygen atoms in total. The summed E-state index contributed by atoms with van der Waals surface area (Å²) in [6.45, 7) is 0. The van der Waals surface area contributed by atoms with Gasteiger partial charge in [-0.2, -0.15) is 0 Å². The molecule has 2 rings (SSSR count). The van der Waals surface area contributed by atoms with Gasteiger partial charge in [-0.15, -0.1) is 0 Å². The van der Waals surface area contributed by atoms with Crippen molar-refractivity contribution in [2.24, 2.45) is 0 Å². The predicted octanol–water partition coefficient (Wildman–Crippen LogP) is 3.74. The van der Waals surface area contributed by atoms with Crippen LogP contribution in [0, 0.1) is 3.90 Å². The molecule has 0 aliphatic heterocycles. The van der Waals surface area contributed by atoms with Crippen molar-refractivity contribution in [3.8, 4) is 0 Å². The fourth-order valence-electron chi connectivity index (χ4n) is 0.895. The molecule has 0 bridgehead atoms. The highest BCUT2D eigenvalue weighted by molar-refractivity contribution is 14.1. The molecule has 0 radical (unpaired) electrons. The Kier molecular flexibility index (Phi) is 2.18. The Balaban J connectivity index is 2.83. The summed E-state index contributed by atoms with van der Waals surface area (Å²) >= 11 is 13.5. The first-order valence-corrected chi connectivity index (χ1v) is 4.91. The normalized spacial score (nSPS) is 10.9. The predicted molar refractivity (Wildman–Crippen MR) is 56.7 cm³/mol. The van der Waals surface area contributed by atoms with Gasteiger partial charge in [0.15, 0.2) is 5.58 Å². The number of aromatic nitrogens is 1. The Morgan fingerprint density at radius 2 is 1.92 bits per heavy atom.